The summed E-state index contributed by atoms with van der Waals surface area (Å²) in [7, 11) is 0. The molecule has 0 unspecified atom stereocenters. The fourth-order valence-electron chi connectivity index (χ4n) is 2.35. The lowest BCUT2D eigenvalue weighted by Gasteiger charge is -2.08. The molecule has 0 saturated carbocycles. The van der Waals surface area contributed by atoms with Gasteiger partial charge in [-0.25, -0.2) is 0 Å². The molecule has 96 valence electrons. The number of benzene rings is 2. The first kappa shape index (κ1) is 11.7. The van der Waals surface area contributed by atoms with E-state index in [9.17, 15) is 5.11 Å². The first-order valence-corrected chi connectivity index (χ1v) is 6.16. The molecule has 2 aromatic carbocycles. The molecule has 0 aliphatic rings. The third-order valence-electron chi connectivity index (χ3n) is 3.33. The summed E-state index contributed by atoms with van der Waals surface area (Å²) in [5.41, 5.74) is 11.6. The molecule has 3 aromatic rings. The van der Waals surface area contributed by atoms with Gasteiger partial charge in [0.15, 0.2) is 0 Å². The largest absolute Gasteiger partial charge is 0.480 e. The number of aryl methyl sites for hydroxylation is 1. The van der Waals surface area contributed by atoms with E-state index in [2.05, 4.69) is 9.97 Å². The third kappa shape index (κ3) is 1.96. The SMILES string of the molecule is Cc1ccc2nc(O)[nH]c2c1-c1ccc(CN)cc1. The van der Waals surface area contributed by atoms with E-state index in [0.717, 1.165) is 33.3 Å². The average molecular weight is 253 g/mol. The number of nitrogens with two attached hydrogens (primary N) is 1. The molecule has 1 aromatic heterocycles. The van der Waals surface area contributed by atoms with Crippen LogP contribution in [0.1, 0.15) is 11.1 Å². The normalized spacial score (nSPS) is 11.1. The summed E-state index contributed by atoms with van der Waals surface area (Å²) in [6.07, 6.45) is 0. The molecular formula is C15H15N3O. The lowest BCUT2D eigenvalue weighted by molar-refractivity contribution is 0.438. The molecule has 0 saturated heterocycles. The van der Waals surface area contributed by atoms with E-state index in [1.807, 2.05) is 43.3 Å². The monoisotopic (exact) mass is 253 g/mol. The summed E-state index contributed by atoms with van der Waals surface area (Å²) < 4.78 is 0. The van der Waals surface area contributed by atoms with Crippen LogP contribution in [0, 0.1) is 6.92 Å². The second-order valence-electron chi connectivity index (χ2n) is 4.61. The highest BCUT2D eigenvalue weighted by molar-refractivity contribution is 5.94. The lowest BCUT2D eigenvalue weighted by Crippen LogP contribution is -1.95. The van der Waals surface area contributed by atoms with Gasteiger partial charge in [-0.3, -0.25) is 0 Å². The zero-order valence-corrected chi connectivity index (χ0v) is 10.6. The molecule has 0 fully saturated rings. The van der Waals surface area contributed by atoms with Gasteiger partial charge in [-0.2, -0.15) is 4.98 Å². The van der Waals surface area contributed by atoms with E-state index >= 15 is 0 Å². The van der Waals surface area contributed by atoms with Crippen molar-refractivity contribution in [3.8, 4) is 17.1 Å². The van der Waals surface area contributed by atoms with E-state index in [1.165, 1.54) is 0 Å². The maximum Gasteiger partial charge on any atom is 0.292 e. The Bertz CT molecular complexity index is 729. The number of nitrogens with one attached hydrogen (secondary N) is 1. The van der Waals surface area contributed by atoms with Gasteiger partial charge in [-0.15, -0.1) is 0 Å². The Hall–Kier alpha value is -2.33. The summed E-state index contributed by atoms with van der Waals surface area (Å²) in [6.45, 7) is 2.58. The summed E-state index contributed by atoms with van der Waals surface area (Å²) in [6, 6.07) is 12.0. The summed E-state index contributed by atoms with van der Waals surface area (Å²) in [5.74, 6) is 0. The van der Waals surface area contributed by atoms with Crippen molar-refractivity contribution >= 4 is 11.0 Å². The zero-order valence-electron chi connectivity index (χ0n) is 10.6. The average Bonchev–Trinajstić information content (AvgIpc) is 2.79. The second-order valence-corrected chi connectivity index (χ2v) is 4.61. The van der Waals surface area contributed by atoms with Crippen molar-refractivity contribution in [2.75, 3.05) is 0 Å². The molecule has 0 spiro atoms. The van der Waals surface area contributed by atoms with Gasteiger partial charge in [0, 0.05) is 12.1 Å². The number of aromatic hydroxyl groups is 1. The van der Waals surface area contributed by atoms with Crippen LogP contribution in [0.2, 0.25) is 0 Å². The number of hydrogen-bond acceptors (Lipinski definition) is 3. The molecule has 0 aliphatic carbocycles. The van der Waals surface area contributed by atoms with Crippen molar-refractivity contribution in [2.24, 2.45) is 5.73 Å². The Balaban J connectivity index is 2.24. The van der Waals surface area contributed by atoms with E-state index < -0.39 is 0 Å². The van der Waals surface area contributed by atoms with Crippen molar-refractivity contribution in [3.63, 3.8) is 0 Å². The van der Waals surface area contributed by atoms with Crippen molar-refractivity contribution in [2.45, 2.75) is 13.5 Å². The molecule has 0 radical (unpaired) electrons. The molecule has 1 heterocycles. The van der Waals surface area contributed by atoms with Gasteiger partial charge in [0.05, 0.1) is 11.0 Å². The number of hydrogen-bond donors (Lipinski definition) is 3. The van der Waals surface area contributed by atoms with Crippen molar-refractivity contribution < 1.29 is 5.11 Å². The molecule has 0 atom stereocenters. The Kier molecular flexibility index (Phi) is 2.72. The predicted octanol–water partition coefficient (Wildman–Crippen LogP) is 2.70. The minimum atomic E-state index is -0.0552. The number of aromatic nitrogens is 2. The highest BCUT2D eigenvalue weighted by atomic mass is 16.3. The summed E-state index contributed by atoms with van der Waals surface area (Å²) in [5, 5.41) is 9.52. The molecule has 4 nitrogen and oxygen atoms in total. The number of nitrogens with zero attached hydrogens (tertiary/aromatic N) is 1. The maximum atomic E-state index is 9.52. The van der Waals surface area contributed by atoms with Crippen LogP contribution in [0.15, 0.2) is 36.4 Å². The van der Waals surface area contributed by atoms with E-state index in [0.29, 0.717) is 6.54 Å². The molecule has 4 N–H and O–H groups in total. The highest BCUT2D eigenvalue weighted by Gasteiger charge is 2.11. The van der Waals surface area contributed by atoms with Gasteiger partial charge in [-0.05, 0) is 29.7 Å². The van der Waals surface area contributed by atoms with Gasteiger partial charge < -0.3 is 15.8 Å². The number of rotatable bonds is 2. The van der Waals surface area contributed by atoms with E-state index in [1.54, 1.807) is 0 Å². The van der Waals surface area contributed by atoms with Crippen LogP contribution in [0.3, 0.4) is 0 Å². The first-order valence-electron chi connectivity index (χ1n) is 6.16. The van der Waals surface area contributed by atoms with Crippen LogP contribution in [-0.2, 0) is 6.54 Å². The smallest absolute Gasteiger partial charge is 0.292 e. The Morgan fingerprint density at radius 3 is 2.58 bits per heavy atom. The van der Waals surface area contributed by atoms with Gasteiger partial charge in [0.2, 0.25) is 0 Å². The maximum absolute atomic E-state index is 9.52. The molecule has 0 amide bonds. The minimum absolute atomic E-state index is 0.0552. The molecule has 0 bridgehead atoms. The van der Waals surface area contributed by atoms with Crippen LogP contribution in [0.25, 0.3) is 22.2 Å². The standard InChI is InChI=1S/C15H15N3O/c1-9-2-7-12-14(18-15(19)17-12)13(9)11-5-3-10(8-16)4-6-11/h2-7H,8,16H2,1H3,(H2,17,18,19). The Morgan fingerprint density at radius 2 is 1.89 bits per heavy atom. The fourth-order valence-corrected chi connectivity index (χ4v) is 2.35. The lowest BCUT2D eigenvalue weighted by atomic mass is 9.98. The molecule has 3 rings (SSSR count). The van der Waals surface area contributed by atoms with Crippen molar-refractivity contribution in [1.29, 1.82) is 0 Å². The van der Waals surface area contributed by atoms with Gasteiger partial charge in [0.25, 0.3) is 6.01 Å². The molecule has 19 heavy (non-hydrogen) atoms. The number of aromatic amines is 1. The first-order chi connectivity index (χ1) is 9.19. The van der Waals surface area contributed by atoms with Crippen molar-refractivity contribution in [3.05, 3.63) is 47.5 Å². The summed E-state index contributed by atoms with van der Waals surface area (Å²) in [4.78, 5) is 6.97. The highest BCUT2D eigenvalue weighted by Crippen LogP contribution is 2.31. The predicted molar refractivity (Wildman–Crippen MR) is 75.8 cm³/mol. The Morgan fingerprint density at radius 1 is 1.16 bits per heavy atom. The second kappa shape index (κ2) is 4.40. The third-order valence-corrected chi connectivity index (χ3v) is 3.33. The van der Waals surface area contributed by atoms with Crippen LogP contribution < -0.4 is 5.73 Å². The van der Waals surface area contributed by atoms with Crippen LogP contribution in [0.5, 0.6) is 6.01 Å². The van der Waals surface area contributed by atoms with Crippen LogP contribution >= 0.6 is 0 Å². The fraction of sp³-hybridized carbons (Fsp3) is 0.133. The van der Waals surface area contributed by atoms with Gasteiger partial charge in [-0.1, -0.05) is 30.3 Å². The molecular weight excluding hydrogens is 238 g/mol. The van der Waals surface area contributed by atoms with E-state index in [4.69, 9.17) is 5.73 Å². The van der Waals surface area contributed by atoms with Gasteiger partial charge >= 0.3 is 0 Å². The van der Waals surface area contributed by atoms with Crippen LogP contribution in [0.4, 0.5) is 0 Å². The topological polar surface area (TPSA) is 74.9 Å². The Labute approximate surface area is 110 Å². The van der Waals surface area contributed by atoms with E-state index in [-0.39, 0.29) is 6.01 Å². The minimum Gasteiger partial charge on any atom is -0.480 e. The zero-order chi connectivity index (χ0) is 13.4. The summed E-state index contributed by atoms with van der Waals surface area (Å²) >= 11 is 0. The number of H-pyrrole nitrogens is 1. The molecule has 4 heteroatoms. The number of imidazole rings is 1. The quantitative estimate of drug-likeness (QED) is 0.657. The number of fused-ring (bicyclic) bond motifs is 1. The van der Waals surface area contributed by atoms with Crippen LogP contribution in [-0.4, -0.2) is 15.1 Å². The van der Waals surface area contributed by atoms with Crippen molar-refractivity contribution in [1.82, 2.24) is 9.97 Å². The molecule has 0 aliphatic heterocycles. The van der Waals surface area contributed by atoms with Gasteiger partial charge in [0.1, 0.15) is 0 Å².